The maximum Gasteiger partial charge on any atom is 0.338 e. The maximum atomic E-state index is 13.4. The maximum absolute atomic E-state index is 13.4. The van der Waals surface area contributed by atoms with Gasteiger partial charge in [0.1, 0.15) is 11.5 Å². The van der Waals surface area contributed by atoms with E-state index in [1.54, 1.807) is 54.3 Å². The lowest BCUT2D eigenvalue weighted by atomic mass is 9.91. The van der Waals surface area contributed by atoms with Crippen LogP contribution in [0.25, 0.3) is 5.70 Å². The molecule has 4 amide bonds. The molecule has 4 rings (SSSR count). The Morgan fingerprint density at radius 3 is 2.10 bits per heavy atom. The van der Waals surface area contributed by atoms with Gasteiger partial charge in [0.25, 0.3) is 0 Å². The van der Waals surface area contributed by atoms with Crippen LogP contribution in [-0.4, -0.2) is 50.3 Å². The highest BCUT2D eigenvalue weighted by Crippen LogP contribution is 2.37. The molecule has 1 heterocycles. The molecule has 0 saturated carbocycles. The van der Waals surface area contributed by atoms with Gasteiger partial charge in [0.2, 0.25) is 0 Å². The second-order valence-electron chi connectivity index (χ2n) is 9.19. The number of esters is 1. The Kier molecular flexibility index (Phi) is 9.47. The first-order valence-electron chi connectivity index (χ1n) is 13.3. The molecule has 10 heteroatoms. The average Bonchev–Trinajstić information content (AvgIpc) is 2.98. The van der Waals surface area contributed by atoms with Crippen LogP contribution in [-0.2, 0) is 9.53 Å². The molecule has 1 atom stereocenters. The molecule has 0 radical (unpaired) electrons. The van der Waals surface area contributed by atoms with Crippen LogP contribution in [0.4, 0.5) is 21.0 Å². The summed E-state index contributed by atoms with van der Waals surface area (Å²) in [7, 11) is 3.06. The van der Waals surface area contributed by atoms with E-state index in [9.17, 15) is 14.4 Å². The number of nitrogens with zero attached hydrogens (tertiary/aromatic N) is 1. The van der Waals surface area contributed by atoms with Crippen LogP contribution in [0.1, 0.15) is 37.4 Å². The van der Waals surface area contributed by atoms with Gasteiger partial charge in [-0.1, -0.05) is 49.4 Å². The van der Waals surface area contributed by atoms with Crippen molar-refractivity contribution in [2.75, 3.05) is 38.0 Å². The van der Waals surface area contributed by atoms with Crippen LogP contribution in [0.15, 0.2) is 78.4 Å². The highest BCUT2D eigenvalue weighted by atomic mass is 16.5. The van der Waals surface area contributed by atoms with Crippen LogP contribution >= 0.6 is 0 Å². The van der Waals surface area contributed by atoms with Crippen molar-refractivity contribution in [1.82, 2.24) is 10.2 Å². The zero-order valence-electron chi connectivity index (χ0n) is 23.5. The van der Waals surface area contributed by atoms with Gasteiger partial charge in [-0.2, -0.15) is 0 Å². The Morgan fingerprint density at radius 2 is 1.51 bits per heavy atom. The number of urea groups is 2. The molecule has 0 aromatic heterocycles. The lowest BCUT2D eigenvalue weighted by Gasteiger charge is -2.36. The molecule has 0 fully saturated rings. The van der Waals surface area contributed by atoms with E-state index in [0.29, 0.717) is 52.7 Å². The number of carbonyl (C=O) groups excluding carboxylic acids is 3. The van der Waals surface area contributed by atoms with Gasteiger partial charge in [0, 0.05) is 36.1 Å². The molecule has 3 N–H and O–H groups in total. The fourth-order valence-corrected chi connectivity index (χ4v) is 4.61. The van der Waals surface area contributed by atoms with Crippen molar-refractivity contribution in [1.29, 1.82) is 0 Å². The van der Waals surface area contributed by atoms with Gasteiger partial charge in [0.05, 0.1) is 38.1 Å². The molecule has 41 heavy (non-hydrogen) atoms. The van der Waals surface area contributed by atoms with Crippen LogP contribution < -0.4 is 25.4 Å². The average molecular weight is 559 g/mol. The van der Waals surface area contributed by atoms with Crippen LogP contribution in [0.5, 0.6) is 11.5 Å². The first-order chi connectivity index (χ1) is 19.9. The third-order valence-corrected chi connectivity index (χ3v) is 6.43. The Labute approximate surface area is 239 Å². The quantitative estimate of drug-likeness (QED) is 0.271. The third kappa shape index (κ3) is 6.78. The van der Waals surface area contributed by atoms with Crippen molar-refractivity contribution in [2.24, 2.45) is 0 Å². The smallest absolute Gasteiger partial charge is 0.338 e. The van der Waals surface area contributed by atoms with Crippen LogP contribution in [0, 0.1) is 0 Å². The van der Waals surface area contributed by atoms with Crippen molar-refractivity contribution in [3.63, 3.8) is 0 Å². The molecule has 0 spiro atoms. The summed E-state index contributed by atoms with van der Waals surface area (Å²) in [5, 5.41) is 8.52. The highest BCUT2D eigenvalue weighted by Gasteiger charge is 2.38. The monoisotopic (exact) mass is 558 g/mol. The van der Waals surface area contributed by atoms with E-state index in [4.69, 9.17) is 14.2 Å². The molecule has 0 bridgehead atoms. The minimum absolute atomic E-state index is 0.190. The fourth-order valence-electron chi connectivity index (χ4n) is 4.61. The molecule has 1 aliphatic rings. The van der Waals surface area contributed by atoms with Crippen LogP contribution in [0.3, 0.4) is 0 Å². The van der Waals surface area contributed by atoms with Crippen molar-refractivity contribution in [2.45, 2.75) is 26.3 Å². The zero-order chi connectivity index (χ0) is 29.4. The molecule has 1 unspecified atom stereocenters. The molecule has 10 nitrogen and oxygen atoms in total. The first-order valence-corrected chi connectivity index (χ1v) is 13.3. The van der Waals surface area contributed by atoms with Gasteiger partial charge >= 0.3 is 18.0 Å². The minimum atomic E-state index is -0.753. The molecular formula is C31H34N4O6. The van der Waals surface area contributed by atoms with E-state index < -0.39 is 18.0 Å². The largest absolute Gasteiger partial charge is 0.497 e. The van der Waals surface area contributed by atoms with E-state index in [1.807, 2.05) is 37.3 Å². The lowest BCUT2D eigenvalue weighted by molar-refractivity contribution is -0.138. The summed E-state index contributed by atoms with van der Waals surface area (Å²) >= 11 is 0. The number of methoxy groups -OCH3 is 2. The van der Waals surface area contributed by atoms with E-state index in [-0.39, 0.29) is 12.6 Å². The number of rotatable bonds is 10. The van der Waals surface area contributed by atoms with Crippen molar-refractivity contribution < 1.29 is 28.6 Å². The summed E-state index contributed by atoms with van der Waals surface area (Å²) < 4.78 is 16.0. The van der Waals surface area contributed by atoms with Gasteiger partial charge in [-0.3, -0.25) is 4.90 Å². The van der Waals surface area contributed by atoms with Gasteiger partial charge in [-0.25, -0.2) is 14.4 Å². The Morgan fingerprint density at radius 1 is 0.878 bits per heavy atom. The normalized spacial score (nSPS) is 14.7. The van der Waals surface area contributed by atoms with E-state index in [1.165, 1.54) is 14.2 Å². The van der Waals surface area contributed by atoms with Gasteiger partial charge in [-0.05, 0) is 36.6 Å². The fraction of sp³-hybridized carbons (Fsp3) is 0.258. The zero-order valence-corrected chi connectivity index (χ0v) is 23.5. The molecule has 3 aromatic carbocycles. The summed E-state index contributed by atoms with van der Waals surface area (Å²) in [5.74, 6) is 0.570. The number of hydrogen-bond donors (Lipinski definition) is 3. The molecule has 0 saturated heterocycles. The van der Waals surface area contributed by atoms with Crippen molar-refractivity contribution in [3.8, 4) is 11.5 Å². The van der Waals surface area contributed by atoms with E-state index in [0.717, 1.165) is 5.56 Å². The number of benzene rings is 3. The standard InChI is InChI=1S/C31H34N4O6/c1-5-16-35-28(21-10-8-7-9-11-21)26(29(36)41-6-2)27(34-31(35)38)20-12-14-22(15-13-20)32-30(37)33-23-17-24(39-3)19-25(18-23)40-4/h7-15,17-19,27H,5-6,16H2,1-4H3,(H,34,38)(H2,32,33,37). The number of amides is 4. The lowest BCUT2D eigenvalue weighted by Crippen LogP contribution is -2.48. The molecule has 214 valence electrons. The Bertz CT molecular complexity index is 1400. The van der Waals surface area contributed by atoms with E-state index >= 15 is 0 Å². The number of nitrogens with one attached hydrogen (secondary N) is 3. The number of ether oxygens (including phenoxy) is 3. The van der Waals surface area contributed by atoms with Gasteiger partial charge < -0.3 is 30.2 Å². The number of carbonyl (C=O) groups is 3. The molecule has 3 aromatic rings. The van der Waals surface area contributed by atoms with Crippen LogP contribution in [0.2, 0.25) is 0 Å². The summed E-state index contributed by atoms with van der Waals surface area (Å²) in [6.07, 6.45) is 0.704. The summed E-state index contributed by atoms with van der Waals surface area (Å²) in [6.45, 7) is 4.34. The second-order valence-corrected chi connectivity index (χ2v) is 9.19. The van der Waals surface area contributed by atoms with Crippen molar-refractivity contribution in [3.05, 3.63) is 89.5 Å². The molecule has 0 aliphatic carbocycles. The highest BCUT2D eigenvalue weighted by molar-refractivity contribution is 6.05. The summed E-state index contributed by atoms with van der Waals surface area (Å²) in [5.41, 5.74) is 3.28. The molecular weight excluding hydrogens is 524 g/mol. The minimum Gasteiger partial charge on any atom is -0.497 e. The van der Waals surface area contributed by atoms with Gasteiger partial charge in [0.15, 0.2) is 0 Å². The Hall–Kier alpha value is -4.99. The topological polar surface area (TPSA) is 118 Å². The number of anilines is 2. The van der Waals surface area contributed by atoms with E-state index in [2.05, 4.69) is 16.0 Å². The third-order valence-electron chi connectivity index (χ3n) is 6.43. The second kappa shape index (κ2) is 13.4. The number of hydrogen-bond acceptors (Lipinski definition) is 6. The predicted octanol–water partition coefficient (Wildman–Crippen LogP) is 5.80. The Balaban J connectivity index is 1.63. The first kappa shape index (κ1) is 29.0. The van der Waals surface area contributed by atoms with Gasteiger partial charge in [-0.15, -0.1) is 0 Å². The summed E-state index contributed by atoms with van der Waals surface area (Å²) in [4.78, 5) is 40.9. The summed E-state index contributed by atoms with van der Waals surface area (Å²) in [6, 6.07) is 19.8. The van der Waals surface area contributed by atoms with Crippen molar-refractivity contribution >= 4 is 35.1 Å². The molecule has 1 aliphatic heterocycles. The SMILES string of the molecule is CCCN1C(=O)NC(c2ccc(NC(=O)Nc3cc(OC)cc(OC)c3)cc2)C(C(=O)OCC)=C1c1ccccc1. The predicted molar refractivity (Wildman–Crippen MR) is 157 cm³/mol.